The highest BCUT2D eigenvalue weighted by Crippen LogP contribution is 2.34. The molecule has 0 spiro atoms. The third-order valence-electron chi connectivity index (χ3n) is 2.97. The van der Waals surface area contributed by atoms with Crippen LogP contribution in [0.1, 0.15) is 24.3 Å². The Morgan fingerprint density at radius 3 is 2.71 bits per heavy atom. The molecule has 0 atom stereocenters. The van der Waals surface area contributed by atoms with E-state index in [9.17, 15) is 0 Å². The molecule has 1 aromatic heterocycles. The quantitative estimate of drug-likeness (QED) is 0.799. The molecule has 3 nitrogen and oxygen atoms in total. The SMILES string of the molecule is Cc1ccc(-c2ncc(CN(C)C)s2)c(OCC(C)C)c1. The highest BCUT2D eigenvalue weighted by atomic mass is 32.1. The van der Waals surface area contributed by atoms with Gasteiger partial charge in [-0.3, -0.25) is 0 Å². The molecule has 114 valence electrons. The predicted octanol–water partition coefficient (Wildman–Crippen LogP) is 4.21. The topological polar surface area (TPSA) is 25.4 Å². The van der Waals surface area contributed by atoms with Gasteiger partial charge in [-0.15, -0.1) is 11.3 Å². The van der Waals surface area contributed by atoms with Crippen molar-refractivity contribution in [2.45, 2.75) is 27.3 Å². The summed E-state index contributed by atoms with van der Waals surface area (Å²) in [6.45, 7) is 8.06. The maximum Gasteiger partial charge on any atom is 0.129 e. The Bertz CT molecular complexity index is 590. The van der Waals surface area contributed by atoms with Crippen LogP contribution >= 0.6 is 11.3 Å². The highest BCUT2D eigenvalue weighted by molar-refractivity contribution is 7.15. The number of benzene rings is 1. The van der Waals surface area contributed by atoms with Crippen molar-refractivity contribution in [2.24, 2.45) is 5.92 Å². The van der Waals surface area contributed by atoms with Crippen LogP contribution in [0.15, 0.2) is 24.4 Å². The first-order valence-corrected chi connectivity index (χ1v) is 8.10. The second-order valence-electron chi connectivity index (χ2n) is 6.07. The van der Waals surface area contributed by atoms with Gasteiger partial charge in [0.15, 0.2) is 0 Å². The monoisotopic (exact) mass is 304 g/mol. The van der Waals surface area contributed by atoms with Crippen LogP contribution in [-0.2, 0) is 6.54 Å². The fourth-order valence-electron chi connectivity index (χ4n) is 2.00. The highest BCUT2D eigenvalue weighted by Gasteiger charge is 2.12. The second kappa shape index (κ2) is 7.05. The number of aromatic nitrogens is 1. The minimum atomic E-state index is 0.513. The molecule has 21 heavy (non-hydrogen) atoms. The van der Waals surface area contributed by atoms with Crippen molar-refractivity contribution in [3.8, 4) is 16.3 Å². The van der Waals surface area contributed by atoms with E-state index in [1.54, 1.807) is 11.3 Å². The number of nitrogens with zero attached hydrogens (tertiary/aromatic N) is 2. The van der Waals surface area contributed by atoms with E-state index in [-0.39, 0.29) is 0 Å². The number of thiazole rings is 1. The van der Waals surface area contributed by atoms with Crippen LogP contribution in [0.4, 0.5) is 0 Å². The van der Waals surface area contributed by atoms with Crippen LogP contribution in [0.3, 0.4) is 0 Å². The summed E-state index contributed by atoms with van der Waals surface area (Å²) in [6.07, 6.45) is 1.96. The van der Waals surface area contributed by atoms with Crippen molar-refractivity contribution in [2.75, 3.05) is 20.7 Å². The first-order chi connectivity index (χ1) is 9.95. The molecule has 0 saturated carbocycles. The second-order valence-corrected chi connectivity index (χ2v) is 7.19. The van der Waals surface area contributed by atoms with Crippen LogP contribution in [-0.4, -0.2) is 30.6 Å². The molecule has 0 radical (unpaired) electrons. The van der Waals surface area contributed by atoms with Gasteiger partial charge in [0.05, 0.1) is 12.2 Å². The molecule has 1 aromatic carbocycles. The van der Waals surface area contributed by atoms with Gasteiger partial charge >= 0.3 is 0 Å². The fourth-order valence-corrected chi connectivity index (χ4v) is 3.06. The summed E-state index contributed by atoms with van der Waals surface area (Å²) in [7, 11) is 4.14. The zero-order valence-electron chi connectivity index (χ0n) is 13.5. The molecule has 1 heterocycles. The van der Waals surface area contributed by atoms with Crippen LogP contribution in [0.25, 0.3) is 10.6 Å². The number of hydrogen-bond acceptors (Lipinski definition) is 4. The van der Waals surface area contributed by atoms with Crippen LogP contribution in [0.2, 0.25) is 0 Å². The lowest BCUT2D eigenvalue weighted by Gasteiger charge is -2.12. The van der Waals surface area contributed by atoms with E-state index in [4.69, 9.17) is 4.74 Å². The van der Waals surface area contributed by atoms with E-state index in [0.29, 0.717) is 5.92 Å². The van der Waals surface area contributed by atoms with Gasteiger partial charge in [0.1, 0.15) is 10.8 Å². The molecule has 0 N–H and O–H groups in total. The van der Waals surface area contributed by atoms with E-state index < -0.39 is 0 Å². The number of hydrogen-bond donors (Lipinski definition) is 0. The number of ether oxygens (including phenoxy) is 1. The average molecular weight is 304 g/mol. The Labute approximate surface area is 131 Å². The Morgan fingerprint density at radius 1 is 1.29 bits per heavy atom. The average Bonchev–Trinajstić information content (AvgIpc) is 2.83. The van der Waals surface area contributed by atoms with Gasteiger partial charge in [-0.25, -0.2) is 4.98 Å². The van der Waals surface area contributed by atoms with E-state index >= 15 is 0 Å². The smallest absolute Gasteiger partial charge is 0.129 e. The van der Waals surface area contributed by atoms with Crippen molar-refractivity contribution >= 4 is 11.3 Å². The molecule has 0 fully saturated rings. The molecule has 0 unspecified atom stereocenters. The van der Waals surface area contributed by atoms with Gasteiger partial charge < -0.3 is 9.64 Å². The first-order valence-electron chi connectivity index (χ1n) is 7.29. The Balaban J connectivity index is 2.27. The minimum absolute atomic E-state index is 0.513. The summed E-state index contributed by atoms with van der Waals surface area (Å²) < 4.78 is 5.98. The zero-order valence-corrected chi connectivity index (χ0v) is 14.3. The molecule has 0 aliphatic carbocycles. The molecule has 0 aliphatic heterocycles. The Hall–Kier alpha value is -1.39. The lowest BCUT2D eigenvalue weighted by atomic mass is 10.1. The molecule has 0 saturated heterocycles. The van der Waals surface area contributed by atoms with Crippen molar-refractivity contribution in [3.05, 3.63) is 34.8 Å². The summed E-state index contributed by atoms with van der Waals surface area (Å²) in [4.78, 5) is 7.99. The standard InChI is InChI=1S/C17H24N2OS/c1-12(2)11-20-16-8-13(3)6-7-15(16)17-18-9-14(21-17)10-19(4)5/h6-9,12H,10-11H2,1-5H3. The van der Waals surface area contributed by atoms with Crippen LogP contribution in [0.5, 0.6) is 5.75 Å². The van der Waals surface area contributed by atoms with Gasteiger partial charge in [-0.1, -0.05) is 19.9 Å². The first kappa shape index (κ1) is 16.0. The van der Waals surface area contributed by atoms with E-state index in [2.05, 4.69) is 62.9 Å². The van der Waals surface area contributed by atoms with Crippen LogP contribution < -0.4 is 4.74 Å². The van der Waals surface area contributed by atoms with E-state index in [0.717, 1.165) is 29.5 Å². The molecule has 0 aliphatic rings. The van der Waals surface area contributed by atoms with Crippen molar-refractivity contribution in [1.82, 2.24) is 9.88 Å². The van der Waals surface area contributed by atoms with Gasteiger partial charge in [0.25, 0.3) is 0 Å². The molecular formula is C17H24N2OS. The Morgan fingerprint density at radius 2 is 2.05 bits per heavy atom. The van der Waals surface area contributed by atoms with E-state index in [1.807, 2.05) is 6.20 Å². The summed E-state index contributed by atoms with van der Waals surface area (Å²) >= 11 is 1.74. The normalized spacial score (nSPS) is 11.4. The lowest BCUT2D eigenvalue weighted by Crippen LogP contribution is -2.09. The molecule has 2 aromatic rings. The summed E-state index contributed by atoms with van der Waals surface area (Å²) in [6, 6.07) is 6.33. The van der Waals surface area contributed by atoms with E-state index in [1.165, 1.54) is 10.4 Å². The minimum Gasteiger partial charge on any atom is -0.493 e. The Kier molecular flexibility index (Phi) is 5.37. The summed E-state index contributed by atoms with van der Waals surface area (Å²) in [5.41, 5.74) is 2.30. The van der Waals surface area contributed by atoms with Crippen molar-refractivity contribution in [1.29, 1.82) is 0 Å². The molecular weight excluding hydrogens is 280 g/mol. The third kappa shape index (κ3) is 4.55. The predicted molar refractivity (Wildman–Crippen MR) is 90.0 cm³/mol. The molecule has 0 bridgehead atoms. The number of rotatable bonds is 6. The maximum atomic E-state index is 5.98. The summed E-state index contributed by atoms with van der Waals surface area (Å²) in [5.74, 6) is 1.45. The fraction of sp³-hybridized carbons (Fsp3) is 0.471. The third-order valence-corrected chi connectivity index (χ3v) is 3.98. The van der Waals surface area contributed by atoms with Crippen molar-refractivity contribution < 1.29 is 4.74 Å². The van der Waals surface area contributed by atoms with Crippen molar-refractivity contribution in [3.63, 3.8) is 0 Å². The molecule has 2 rings (SSSR count). The number of aryl methyl sites for hydroxylation is 1. The molecule has 0 amide bonds. The maximum absolute atomic E-state index is 5.98. The summed E-state index contributed by atoms with van der Waals surface area (Å²) in [5, 5.41) is 1.03. The zero-order chi connectivity index (χ0) is 15.4. The molecule has 4 heteroatoms. The van der Waals surface area contributed by atoms with Gasteiger partial charge in [0.2, 0.25) is 0 Å². The lowest BCUT2D eigenvalue weighted by molar-refractivity contribution is 0.272. The van der Waals surface area contributed by atoms with Gasteiger partial charge in [0, 0.05) is 17.6 Å². The largest absolute Gasteiger partial charge is 0.493 e. The van der Waals surface area contributed by atoms with Gasteiger partial charge in [-0.05, 0) is 44.6 Å². The van der Waals surface area contributed by atoms with Gasteiger partial charge in [-0.2, -0.15) is 0 Å². The van der Waals surface area contributed by atoms with Crippen LogP contribution in [0, 0.1) is 12.8 Å².